The number of hydrogen-bond donors (Lipinski definition) is 2. The fourth-order valence-corrected chi connectivity index (χ4v) is 1.92. The molecule has 0 fully saturated rings. The van der Waals surface area contributed by atoms with Crippen molar-refractivity contribution in [1.29, 1.82) is 0 Å². The van der Waals surface area contributed by atoms with Crippen LogP contribution in [0.15, 0.2) is 0 Å². The minimum atomic E-state index is -4.64. The number of hydrogen-bond acceptors (Lipinski definition) is 3. The minimum absolute atomic E-state index is 0.197. The maximum absolute atomic E-state index is 12.6. The van der Waals surface area contributed by atoms with Crippen molar-refractivity contribution in [2.24, 2.45) is 5.41 Å². The predicted molar refractivity (Wildman–Crippen MR) is 69.9 cm³/mol. The average molecular weight is 313 g/mol. The molecule has 0 spiro atoms. The Morgan fingerprint density at radius 3 is 2.05 bits per heavy atom. The van der Waals surface area contributed by atoms with Gasteiger partial charge in [-0.05, 0) is 27.2 Å². The molecule has 0 rings (SSSR count). The Kier molecular flexibility index (Phi) is 6.51. The summed E-state index contributed by atoms with van der Waals surface area (Å²) >= 11 is 0. The molecular weight excluding hydrogens is 291 g/mol. The van der Waals surface area contributed by atoms with Gasteiger partial charge in [0, 0.05) is 6.54 Å². The first kappa shape index (κ1) is 19.5. The molecule has 1 amide bonds. The van der Waals surface area contributed by atoms with E-state index in [-0.39, 0.29) is 12.8 Å². The third-order valence-corrected chi connectivity index (χ3v) is 2.69. The highest BCUT2D eigenvalue weighted by molar-refractivity contribution is 5.76. The summed E-state index contributed by atoms with van der Waals surface area (Å²) in [5.41, 5.74) is -2.89. The molecule has 0 aliphatic rings. The van der Waals surface area contributed by atoms with Gasteiger partial charge in [-0.1, -0.05) is 13.3 Å². The van der Waals surface area contributed by atoms with E-state index in [9.17, 15) is 27.9 Å². The van der Waals surface area contributed by atoms with Crippen molar-refractivity contribution in [3.8, 4) is 0 Å². The number of halogens is 3. The van der Waals surface area contributed by atoms with Crippen molar-refractivity contribution in [3.63, 3.8) is 0 Å². The molecule has 0 aromatic carbocycles. The van der Waals surface area contributed by atoms with Crippen molar-refractivity contribution in [2.75, 3.05) is 6.54 Å². The Labute approximate surface area is 121 Å². The van der Waals surface area contributed by atoms with Crippen LogP contribution in [-0.4, -0.2) is 35.5 Å². The zero-order valence-corrected chi connectivity index (χ0v) is 12.6. The van der Waals surface area contributed by atoms with E-state index in [2.05, 4.69) is 5.32 Å². The van der Waals surface area contributed by atoms with Crippen LogP contribution in [0.5, 0.6) is 0 Å². The van der Waals surface area contributed by atoms with Crippen LogP contribution in [0.1, 0.15) is 47.0 Å². The molecule has 21 heavy (non-hydrogen) atoms. The quantitative estimate of drug-likeness (QED) is 0.788. The molecule has 0 aromatic rings. The Balaban J connectivity index is 4.98. The van der Waals surface area contributed by atoms with Crippen LogP contribution in [0.25, 0.3) is 0 Å². The highest BCUT2D eigenvalue weighted by Gasteiger charge is 2.47. The molecule has 0 aliphatic heterocycles. The number of ether oxygens (including phenoxy) is 1. The van der Waals surface area contributed by atoms with Gasteiger partial charge < -0.3 is 15.2 Å². The van der Waals surface area contributed by atoms with Gasteiger partial charge in [0.2, 0.25) is 0 Å². The van der Waals surface area contributed by atoms with Gasteiger partial charge in [-0.15, -0.1) is 0 Å². The SMILES string of the molecule is CCCC(CNC(=O)OC(C)(C)C)(CC(F)(F)F)C(=O)O. The first-order valence-electron chi connectivity index (χ1n) is 6.58. The summed E-state index contributed by atoms with van der Waals surface area (Å²) < 4.78 is 42.8. The van der Waals surface area contributed by atoms with Crippen molar-refractivity contribution in [1.82, 2.24) is 5.32 Å². The van der Waals surface area contributed by atoms with Gasteiger partial charge in [0.15, 0.2) is 0 Å². The molecule has 1 unspecified atom stereocenters. The summed E-state index contributed by atoms with van der Waals surface area (Å²) in [6.07, 6.45) is -7.02. The standard InChI is InChI=1S/C13H22F3NO4/c1-5-6-12(9(18)19,7-13(14,15)16)8-17-10(20)21-11(2,3)4/h5-8H2,1-4H3,(H,17,20)(H,18,19). The molecule has 0 aromatic heterocycles. The van der Waals surface area contributed by atoms with E-state index >= 15 is 0 Å². The lowest BCUT2D eigenvalue weighted by molar-refractivity contribution is -0.179. The summed E-state index contributed by atoms with van der Waals surface area (Å²) in [5.74, 6) is -1.59. The molecule has 1 atom stereocenters. The second-order valence-electron chi connectivity index (χ2n) is 5.98. The van der Waals surface area contributed by atoms with Gasteiger partial charge in [0.05, 0.1) is 11.8 Å². The molecular formula is C13H22F3NO4. The number of alkyl carbamates (subject to hydrolysis) is 1. The van der Waals surface area contributed by atoms with Crippen LogP contribution in [0.4, 0.5) is 18.0 Å². The fraction of sp³-hybridized carbons (Fsp3) is 0.846. The van der Waals surface area contributed by atoms with Crippen molar-refractivity contribution >= 4 is 12.1 Å². The molecule has 0 radical (unpaired) electrons. The van der Waals surface area contributed by atoms with Gasteiger partial charge in [-0.3, -0.25) is 4.79 Å². The largest absolute Gasteiger partial charge is 0.481 e. The number of carboxylic acids is 1. The van der Waals surface area contributed by atoms with E-state index < -0.39 is 42.2 Å². The van der Waals surface area contributed by atoms with E-state index in [1.807, 2.05) is 0 Å². The summed E-state index contributed by atoms with van der Waals surface area (Å²) in [7, 11) is 0. The van der Waals surface area contributed by atoms with Crippen molar-refractivity contribution in [2.45, 2.75) is 58.7 Å². The van der Waals surface area contributed by atoms with E-state index in [1.165, 1.54) is 0 Å². The van der Waals surface area contributed by atoms with Crippen LogP contribution >= 0.6 is 0 Å². The zero-order valence-electron chi connectivity index (χ0n) is 12.6. The number of nitrogens with one attached hydrogen (secondary N) is 1. The third kappa shape index (κ3) is 7.77. The lowest BCUT2D eigenvalue weighted by Crippen LogP contribution is -2.46. The smallest absolute Gasteiger partial charge is 0.407 e. The number of alkyl halides is 3. The van der Waals surface area contributed by atoms with Crippen LogP contribution in [0.2, 0.25) is 0 Å². The Morgan fingerprint density at radius 1 is 1.19 bits per heavy atom. The first-order valence-corrected chi connectivity index (χ1v) is 6.58. The fourth-order valence-electron chi connectivity index (χ4n) is 1.92. The summed E-state index contributed by atoms with van der Waals surface area (Å²) in [6, 6.07) is 0. The van der Waals surface area contributed by atoms with E-state index in [0.717, 1.165) is 0 Å². The van der Waals surface area contributed by atoms with Gasteiger partial charge >= 0.3 is 18.2 Å². The normalized spacial score (nSPS) is 15.2. The Bertz CT molecular complexity index is 377. The molecule has 0 saturated carbocycles. The average Bonchev–Trinajstić information content (AvgIpc) is 2.21. The van der Waals surface area contributed by atoms with Crippen molar-refractivity contribution in [3.05, 3.63) is 0 Å². The van der Waals surface area contributed by atoms with Crippen LogP contribution < -0.4 is 5.32 Å². The van der Waals surface area contributed by atoms with Gasteiger partial charge in [-0.25, -0.2) is 4.79 Å². The molecule has 0 aliphatic carbocycles. The maximum atomic E-state index is 12.6. The second-order valence-corrected chi connectivity index (χ2v) is 5.98. The number of carbonyl (C=O) groups is 2. The molecule has 124 valence electrons. The lowest BCUT2D eigenvalue weighted by Gasteiger charge is -2.30. The number of carboxylic acid groups (broad SMARTS) is 1. The number of amides is 1. The minimum Gasteiger partial charge on any atom is -0.481 e. The van der Waals surface area contributed by atoms with Crippen LogP contribution in [0, 0.1) is 5.41 Å². The first-order chi connectivity index (χ1) is 9.31. The van der Waals surface area contributed by atoms with Crippen molar-refractivity contribution < 1.29 is 32.6 Å². The van der Waals surface area contributed by atoms with Gasteiger partial charge in [0.25, 0.3) is 0 Å². The molecule has 5 nitrogen and oxygen atoms in total. The molecule has 2 N–H and O–H groups in total. The highest BCUT2D eigenvalue weighted by Crippen LogP contribution is 2.37. The molecule has 0 bridgehead atoms. The molecule has 0 saturated heterocycles. The lowest BCUT2D eigenvalue weighted by atomic mass is 9.79. The Hall–Kier alpha value is -1.47. The number of rotatable bonds is 6. The molecule has 0 heterocycles. The summed E-state index contributed by atoms with van der Waals surface area (Å²) in [4.78, 5) is 22.8. The zero-order chi connectivity index (χ0) is 16.9. The van der Waals surface area contributed by atoms with E-state index in [1.54, 1.807) is 27.7 Å². The highest BCUT2D eigenvalue weighted by atomic mass is 19.4. The molecule has 8 heteroatoms. The second kappa shape index (κ2) is 7.00. The van der Waals surface area contributed by atoms with Crippen LogP contribution in [-0.2, 0) is 9.53 Å². The summed E-state index contributed by atoms with van der Waals surface area (Å²) in [5, 5.41) is 11.3. The van der Waals surface area contributed by atoms with Crippen LogP contribution in [0.3, 0.4) is 0 Å². The predicted octanol–water partition coefficient (Wildman–Crippen LogP) is 3.33. The Morgan fingerprint density at radius 2 is 1.71 bits per heavy atom. The van der Waals surface area contributed by atoms with Gasteiger partial charge in [-0.2, -0.15) is 13.2 Å². The van der Waals surface area contributed by atoms with Gasteiger partial charge in [0.1, 0.15) is 5.60 Å². The summed E-state index contributed by atoms with van der Waals surface area (Å²) in [6.45, 7) is 5.74. The van der Waals surface area contributed by atoms with E-state index in [4.69, 9.17) is 4.74 Å². The topological polar surface area (TPSA) is 75.6 Å². The number of carbonyl (C=O) groups excluding carboxylic acids is 1. The monoisotopic (exact) mass is 313 g/mol. The number of aliphatic carboxylic acids is 1. The van der Waals surface area contributed by atoms with E-state index in [0.29, 0.717) is 0 Å². The maximum Gasteiger partial charge on any atom is 0.407 e. The third-order valence-electron chi connectivity index (χ3n) is 2.69.